The van der Waals surface area contributed by atoms with E-state index in [4.69, 9.17) is 9.26 Å². The number of benzene rings is 1. The Labute approximate surface area is 158 Å². The van der Waals surface area contributed by atoms with Crippen molar-refractivity contribution in [2.75, 3.05) is 13.7 Å². The molecule has 3 rings (SSSR count). The Morgan fingerprint density at radius 3 is 2.61 bits per heavy atom. The zero-order valence-corrected chi connectivity index (χ0v) is 15.0. The van der Waals surface area contributed by atoms with Crippen molar-refractivity contribution < 1.29 is 32.0 Å². The third kappa shape index (κ3) is 4.87. The fraction of sp³-hybridized carbons (Fsp3) is 0.444. The average molecular weight is 400 g/mol. The van der Waals surface area contributed by atoms with Crippen molar-refractivity contribution in [3.63, 3.8) is 0 Å². The van der Waals surface area contributed by atoms with Gasteiger partial charge in [-0.2, -0.15) is 5.16 Å². The number of halogens is 3. The van der Waals surface area contributed by atoms with Gasteiger partial charge in [-0.25, -0.2) is 4.79 Å². The molecule has 1 saturated heterocycles. The van der Waals surface area contributed by atoms with Gasteiger partial charge in [0.2, 0.25) is 0 Å². The lowest BCUT2D eigenvalue weighted by Crippen LogP contribution is -2.46. The second-order valence-corrected chi connectivity index (χ2v) is 6.55. The van der Waals surface area contributed by atoms with Crippen molar-refractivity contribution >= 4 is 6.09 Å². The number of aromatic nitrogens is 1. The van der Waals surface area contributed by atoms with Gasteiger partial charge < -0.3 is 18.9 Å². The summed E-state index contributed by atoms with van der Waals surface area (Å²) < 4.78 is 50.8. The summed E-state index contributed by atoms with van der Waals surface area (Å²) in [6.45, 7) is 0.409. The molecule has 7 nitrogen and oxygen atoms in total. The van der Waals surface area contributed by atoms with E-state index >= 15 is 0 Å². The largest absolute Gasteiger partial charge is 0.573 e. The molecule has 1 amide bonds. The van der Waals surface area contributed by atoms with E-state index in [-0.39, 0.29) is 23.3 Å². The second kappa shape index (κ2) is 7.99. The van der Waals surface area contributed by atoms with Crippen LogP contribution in [0.3, 0.4) is 0 Å². The summed E-state index contributed by atoms with van der Waals surface area (Å²) in [4.78, 5) is 25.0. The Morgan fingerprint density at radius 2 is 2.04 bits per heavy atom. The minimum atomic E-state index is -4.75. The van der Waals surface area contributed by atoms with Gasteiger partial charge >= 0.3 is 12.5 Å². The number of carbonyl (C=O) groups is 1. The molecule has 0 saturated carbocycles. The van der Waals surface area contributed by atoms with Gasteiger partial charge in [0, 0.05) is 24.6 Å². The number of hydrogen-bond donors (Lipinski definition) is 1. The number of amides is 1. The van der Waals surface area contributed by atoms with Gasteiger partial charge in [0.05, 0.1) is 7.11 Å². The van der Waals surface area contributed by atoms with Crippen LogP contribution in [-0.2, 0) is 11.2 Å². The maximum absolute atomic E-state index is 12.3. The minimum absolute atomic E-state index is 0.0577. The molecule has 1 aromatic carbocycles. The standard InChI is InChI=1S/C18H19F3N2O5/c1-26-17(25)23-7-6-12(15-10-16(24)22-28-15)9-13(23)8-11-2-4-14(5-3-11)27-18(19,20)21/h2-5,10,12-13H,6-9H2,1H3,(H,22,24)/t12-,13+/m1/s1. The van der Waals surface area contributed by atoms with Crippen LogP contribution >= 0.6 is 0 Å². The molecule has 1 aliphatic heterocycles. The molecule has 1 aliphatic rings. The molecule has 0 bridgehead atoms. The molecule has 10 heteroatoms. The van der Waals surface area contributed by atoms with Crippen LogP contribution in [0.5, 0.6) is 5.75 Å². The predicted molar refractivity (Wildman–Crippen MR) is 91.0 cm³/mol. The van der Waals surface area contributed by atoms with Gasteiger partial charge in [-0.1, -0.05) is 12.1 Å². The Hall–Kier alpha value is -2.91. The van der Waals surface area contributed by atoms with E-state index in [0.717, 1.165) is 5.56 Å². The van der Waals surface area contributed by atoms with E-state index in [2.05, 4.69) is 9.89 Å². The average Bonchev–Trinajstić information content (AvgIpc) is 3.08. The molecule has 2 atom stereocenters. The van der Waals surface area contributed by atoms with Crippen LogP contribution in [0.15, 0.2) is 39.6 Å². The van der Waals surface area contributed by atoms with Crippen LogP contribution in [0.25, 0.3) is 0 Å². The van der Waals surface area contributed by atoms with Gasteiger partial charge in [0.1, 0.15) is 11.5 Å². The summed E-state index contributed by atoms with van der Waals surface area (Å²) in [7, 11) is 1.29. The summed E-state index contributed by atoms with van der Waals surface area (Å²) in [5, 5.41) is 2.26. The van der Waals surface area contributed by atoms with Crippen LogP contribution < -0.4 is 10.3 Å². The number of piperidine rings is 1. The monoisotopic (exact) mass is 400 g/mol. The van der Waals surface area contributed by atoms with E-state index in [1.165, 1.54) is 37.4 Å². The molecule has 1 aromatic heterocycles. The van der Waals surface area contributed by atoms with Crippen molar-refractivity contribution in [2.24, 2.45) is 0 Å². The second-order valence-electron chi connectivity index (χ2n) is 6.55. The first-order valence-corrected chi connectivity index (χ1v) is 8.63. The zero-order chi connectivity index (χ0) is 20.3. The van der Waals surface area contributed by atoms with Gasteiger partial charge in [-0.3, -0.25) is 4.79 Å². The maximum atomic E-state index is 12.3. The lowest BCUT2D eigenvalue weighted by Gasteiger charge is -2.38. The number of likely N-dealkylation sites (tertiary alicyclic amines) is 1. The highest BCUT2D eigenvalue weighted by Gasteiger charge is 2.35. The summed E-state index contributed by atoms with van der Waals surface area (Å²) >= 11 is 0. The third-order valence-corrected chi connectivity index (χ3v) is 4.70. The molecule has 2 heterocycles. The fourth-order valence-corrected chi connectivity index (χ4v) is 3.46. The molecule has 0 aliphatic carbocycles. The smallest absolute Gasteiger partial charge is 0.453 e. The van der Waals surface area contributed by atoms with Gasteiger partial charge in [-0.15, -0.1) is 13.2 Å². The summed E-state index contributed by atoms with van der Waals surface area (Å²) in [5.74, 6) is 0.155. The topological polar surface area (TPSA) is 84.8 Å². The number of carbonyl (C=O) groups excluding carboxylic acids is 1. The van der Waals surface area contributed by atoms with Crippen molar-refractivity contribution in [1.29, 1.82) is 0 Å². The number of hydrogen-bond acceptors (Lipinski definition) is 5. The highest BCUT2D eigenvalue weighted by atomic mass is 19.4. The molecular formula is C18H19F3N2O5. The number of methoxy groups -OCH3 is 1. The highest BCUT2D eigenvalue weighted by molar-refractivity contribution is 5.68. The molecule has 1 fully saturated rings. The molecule has 2 aromatic rings. The van der Waals surface area contributed by atoms with Crippen molar-refractivity contribution in [2.45, 2.75) is 37.6 Å². The highest BCUT2D eigenvalue weighted by Crippen LogP contribution is 2.33. The summed E-state index contributed by atoms with van der Waals surface area (Å²) in [6, 6.07) is 6.64. The quantitative estimate of drug-likeness (QED) is 0.850. The maximum Gasteiger partial charge on any atom is 0.573 e. The van der Waals surface area contributed by atoms with Crippen LogP contribution in [0, 0.1) is 0 Å². The van der Waals surface area contributed by atoms with E-state index < -0.39 is 12.5 Å². The van der Waals surface area contributed by atoms with Crippen LogP contribution in [0.2, 0.25) is 0 Å². The molecule has 0 radical (unpaired) electrons. The fourth-order valence-electron chi connectivity index (χ4n) is 3.46. The number of ether oxygens (including phenoxy) is 2. The number of H-pyrrole nitrogens is 1. The number of rotatable bonds is 4. The lowest BCUT2D eigenvalue weighted by atomic mass is 9.86. The predicted octanol–water partition coefficient (Wildman–Crippen LogP) is 3.42. The number of nitrogens with zero attached hydrogens (tertiary/aromatic N) is 1. The number of alkyl halides is 3. The normalized spacial score (nSPS) is 20.1. The summed E-state index contributed by atoms with van der Waals surface area (Å²) in [6.07, 6.45) is -3.69. The van der Waals surface area contributed by atoms with Gasteiger partial charge in [0.15, 0.2) is 0 Å². The van der Waals surface area contributed by atoms with Crippen LogP contribution in [0.1, 0.15) is 30.1 Å². The Kier molecular flexibility index (Phi) is 5.66. The number of aromatic amines is 1. The van der Waals surface area contributed by atoms with E-state index in [1.807, 2.05) is 0 Å². The van der Waals surface area contributed by atoms with E-state index in [1.54, 1.807) is 4.90 Å². The first kappa shape index (κ1) is 19.8. The first-order chi connectivity index (χ1) is 13.2. The molecule has 28 heavy (non-hydrogen) atoms. The van der Waals surface area contributed by atoms with Gasteiger partial charge in [0.25, 0.3) is 5.56 Å². The van der Waals surface area contributed by atoms with E-state index in [9.17, 15) is 22.8 Å². The SMILES string of the molecule is COC(=O)N1CC[C@@H](c2cc(=O)[nH]o2)C[C@@H]1Cc1ccc(OC(F)(F)F)cc1. The molecule has 0 unspecified atom stereocenters. The molecular weight excluding hydrogens is 381 g/mol. The van der Waals surface area contributed by atoms with Crippen molar-refractivity contribution in [3.05, 3.63) is 52.0 Å². The lowest BCUT2D eigenvalue weighted by molar-refractivity contribution is -0.274. The van der Waals surface area contributed by atoms with E-state index in [0.29, 0.717) is 31.6 Å². The summed E-state index contributed by atoms with van der Waals surface area (Å²) in [5.41, 5.74) is 0.409. The van der Waals surface area contributed by atoms with Gasteiger partial charge in [-0.05, 0) is 37.0 Å². The Balaban J connectivity index is 1.74. The minimum Gasteiger partial charge on any atom is -0.453 e. The number of nitrogens with one attached hydrogen (secondary N) is 1. The molecule has 0 spiro atoms. The molecule has 1 N–H and O–H groups in total. The van der Waals surface area contributed by atoms with Crippen molar-refractivity contribution in [1.82, 2.24) is 10.1 Å². The Morgan fingerprint density at radius 1 is 1.32 bits per heavy atom. The van der Waals surface area contributed by atoms with Crippen molar-refractivity contribution in [3.8, 4) is 5.75 Å². The Bertz CT molecular complexity index is 859. The van der Waals surface area contributed by atoms with Crippen LogP contribution in [-0.4, -0.2) is 42.2 Å². The zero-order valence-electron chi connectivity index (χ0n) is 15.0. The van der Waals surface area contributed by atoms with Crippen LogP contribution in [0.4, 0.5) is 18.0 Å². The third-order valence-electron chi connectivity index (χ3n) is 4.70. The first-order valence-electron chi connectivity index (χ1n) is 8.63. The molecule has 152 valence electrons.